The Kier molecular flexibility index (Phi) is 6.11. The van der Waals surface area contributed by atoms with Gasteiger partial charge >= 0.3 is 5.97 Å². The van der Waals surface area contributed by atoms with Crippen molar-refractivity contribution in [3.05, 3.63) is 50.3 Å². The van der Waals surface area contributed by atoms with E-state index in [9.17, 15) is 9.59 Å². The minimum Gasteiger partial charge on any atom is -0.464 e. The third-order valence-corrected chi connectivity index (χ3v) is 5.93. The lowest BCUT2D eigenvalue weighted by Crippen LogP contribution is -2.31. The van der Waals surface area contributed by atoms with Gasteiger partial charge in [-0.05, 0) is 37.5 Å². The molecular weight excluding hydrogens is 428 g/mol. The number of esters is 1. The number of benzene rings is 1. The van der Waals surface area contributed by atoms with Gasteiger partial charge in [0.2, 0.25) is 0 Å². The number of ether oxygens (including phenoxy) is 1. The molecule has 2 aromatic heterocycles. The first kappa shape index (κ1) is 19.8. The van der Waals surface area contributed by atoms with E-state index in [-0.39, 0.29) is 11.5 Å². The van der Waals surface area contributed by atoms with Crippen LogP contribution in [0.4, 0.5) is 0 Å². The Labute approximate surface area is 170 Å². The molecule has 0 radical (unpaired) electrons. The minimum absolute atomic E-state index is 0.206. The lowest BCUT2D eigenvalue weighted by atomic mass is 10.0. The number of rotatable bonds is 6. The normalized spacial score (nSPS) is 12.3. The van der Waals surface area contributed by atoms with Gasteiger partial charge in [-0.25, -0.2) is 9.78 Å². The molecule has 27 heavy (non-hydrogen) atoms. The molecule has 7 heteroatoms. The van der Waals surface area contributed by atoms with Crippen molar-refractivity contribution in [1.82, 2.24) is 9.55 Å². The number of carbonyl (C=O) groups is 1. The van der Waals surface area contributed by atoms with Crippen LogP contribution in [-0.4, -0.2) is 22.1 Å². The van der Waals surface area contributed by atoms with Gasteiger partial charge in [0.05, 0.1) is 18.3 Å². The average molecular weight is 449 g/mol. The van der Waals surface area contributed by atoms with Crippen LogP contribution in [0.5, 0.6) is 0 Å². The zero-order valence-electron chi connectivity index (χ0n) is 15.5. The van der Waals surface area contributed by atoms with Gasteiger partial charge in [0.15, 0.2) is 0 Å². The van der Waals surface area contributed by atoms with Crippen LogP contribution in [0.15, 0.2) is 39.9 Å². The van der Waals surface area contributed by atoms with Crippen molar-refractivity contribution in [3.63, 3.8) is 0 Å². The average Bonchev–Trinajstić information content (AvgIpc) is 3.00. The second kappa shape index (κ2) is 8.35. The minimum atomic E-state index is -0.668. The molecule has 0 aliphatic carbocycles. The van der Waals surface area contributed by atoms with E-state index in [1.54, 1.807) is 0 Å². The lowest BCUT2D eigenvalue weighted by Gasteiger charge is -2.16. The molecule has 5 nitrogen and oxygen atoms in total. The van der Waals surface area contributed by atoms with Crippen LogP contribution in [0.25, 0.3) is 21.3 Å². The summed E-state index contributed by atoms with van der Waals surface area (Å²) in [5, 5.41) is 0.559. The number of nitrogens with zero attached hydrogens (tertiary/aromatic N) is 2. The summed E-state index contributed by atoms with van der Waals surface area (Å²) in [6.07, 6.45) is 2.67. The summed E-state index contributed by atoms with van der Waals surface area (Å²) in [7, 11) is 0. The van der Waals surface area contributed by atoms with Crippen molar-refractivity contribution in [2.24, 2.45) is 0 Å². The largest absolute Gasteiger partial charge is 0.464 e. The Morgan fingerprint density at radius 3 is 2.63 bits per heavy atom. The third kappa shape index (κ3) is 3.84. The van der Waals surface area contributed by atoms with Crippen LogP contribution in [0.3, 0.4) is 0 Å². The van der Waals surface area contributed by atoms with Crippen molar-refractivity contribution >= 4 is 43.5 Å². The molecule has 0 N–H and O–H groups in total. The fraction of sp³-hybridized carbons (Fsp3) is 0.350. The van der Waals surface area contributed by atoms with E-state index in [4.69, 9.17) is 4.74 Å². The maximum atomic E-state index is 13.3. The molecule has 0 fully saturated rings. The number of carbonyl (C=O) groups excluding carboxylic acids is 1. The van der Waals surface area contributed by atoms with Crippen LogP contribution in [0.2, 0.25) is 0 Å². The summed E-state index contributed by atoms with van der Waals surface area (Å²) in [4.78, 5) is 31.9. The summed E-state index contributed by atoms with van der Waals surface area (Å²) >= 11 is 4.93. The molecule has 0 aliphatic rings. The monoisotopic (exact) mass is 448 g/mol. The summed E-state index contributed by atoms with van der Waals surface area (Å²) in [6.45, 7) is 6.14. The number of aromatic nitrogens is 2. The third-order valence-electron chi connectivity index (χ3n) is 4.39. The predicted molar refractivity (Wildman–Crippen MR) is 112 cm³/mol. The van der Waals surface area contributed by atoms with Gasteiger partial charge in [-0.2, -0.15) is 0 Å². The van der Waals surface area contributed by atoms with Crippen LogP contribution >= 0.6 is 27.3 Å². The smallest absolute Gasteiger partial charge is 0.329 e. The highest BCUT2D eigenvalue weighted by molar-refractivity contribution is 9.10. The maximum Gasteiger partial charge on any atom is 0.329 e. The molecule has 2 heterocycles. The number of aryl methyl sites for hydroxylation is 1. The zero-order valence-corrected chi connectivity index (χ0v) is 17.9. The highest BCUT2D eigenvalue weighted by Gasteiger charge is 2.24. The van der Waals surface area contributed by atoms with E-state index in [0.717, 1.165) is 26.9 Å². The standard InChI is InChI=1S/C20H21BrN2O3S/c1-4-10-26-20(25)15(5-2)23-11-22-18-17(19(23)24)16(12(3)27-18)13-6-8-14(21)9-7-13/h6-9,11,15H,4-5,10H2,1-3H3. The Morgan fingerprint density at radius 1 is 1.30 bits per heavy atom. The number of hydrogen-bond donors (Lipinski definition) is 0. The number of halogens is 1. The van der Waals surface area contributed by atoms with Crippen molar-refractivity contribution in [2.45, 2.75) is 39.7 Å². The predicted octanol–water partition coefficient (Wildman–Crippen LogP) is 5.10. The van der Waals surface area contributed by atoms with E-state index in [0.29, 0.717) is 23.2 Å². The molecule has 0 aliphatic heterocycles. The van der Waals surface area contributed by atoms with E-state index in [1.807, 2.05) is 45.0 Å². The molecule has 0 spiro atoms. The fourth-order valence-electron chi connectivity index (χ4n) is 3.08. The Bertz CT molecular complexity index is 1020. The molecule has 0 bridgehead atoms. The van der Waals surface area contributed by atoms with Gasteiger partial charge < -0.3 is 4.74 Å². The van der Waals surface area contributed by atoms with Crippen LogP contribution in [0.1, 0.15) is 37.6 Å². The van der Waals surface area contributed by atoms with Gasteiger partial charge in [0, 0.05) is 14.9 Å². The van der Waals surface area contributed by atoms with Crippen molar-refractivity contribution in [1.29, 1.82) is 0 Å². The van der Waals surface area contributed by atoms with Gasteiger partial charge in [-0.3, -0.25) is 9.36 Å². The van der Waals surface area contributed by atoms with Gasteiger partial charge in [-0.15, -0.1) is 11.3 Å². The topological polar surface area (TPSA) is 61.2 Å². The number of hydrogen-bond acceptors (Lipinski definition) is 5. The molecule has 0 amide bonds. The highest BCUT2D eigenvalue weighted by atomic mass is 79.9. The van der Waals surface area contributed by atoms with E-state index >= 15 is 0 Å². The molecule has 1 unspecified atom stereocenters. The van der Waals surface area contributed by atoms with E-state index < -0.39 is 6.04 Å². The van der Waals surface area contributed by atoms with Gasteiger partial charge in [0.25, 0.3) is 5.56 Å². The van der Waals surface area contributed by atoms with Gasteiger partial charge in [0.1, 0.15) is 10.9 Å². The lowest BCUT2D eigenvalue weighted by molar-refractivity contribution is -0.147. The summed E-state index contributed by atoms with van der Waals surface area (Å²) in [5.74, 6) is -0.389. The summed E-state index contributed by atoms with van der Waals surface area (Å²) < 4.78 is 7.66. The molecule has 1 atom stereocenters. The summed E-state index contributed by atoms with van der Waals surface area (Å²) in [5.41, 5.74) is 1.63. The van der Waals surface area contributed by atoms with Crippen molar-refractivity contribution < 1.29 is 9.53 Å². The van der Waals surface area contributed by atoms with Crippen LogP contribution < -0.4 is 5.56 Å². The molecule has 0 saturated heterocycles. The van der Waals surface area contributed by atoms with Crippen molar-refractivity contribution in [2.75, 3.05) is 6.61 Å². The molecule has 142 valence electrons. The van der Waals surface area contributed by atoms with E-state index in [2.05, 4.69) is 20.9 Å². The Hall–Kier alpha value is -1.99. The first-order chi connectivity index (χ1) is 13.0. The first-order valence-corrected chi connectivity index (χ1v) is 10.5. The maximum absolute atomic E-state index is 13.3. The molecular formula is C20H21BrN2O3S. The fourth-order valence-corrected chi connectivity index (χ4v) is 4.35. The second-order valence-corrected chi connectivity index (χ2v) is 8.39. The van der Waals surface area contributed by atoms with E-state index in [1.165, 1.54) is 22.2 Å². The first-order valence-electron chi connectivity index (χ1n) is 8.90. The SMILES string of the molecule is CCCOC(=O)C(CC)n1cnc2sc(C)c(-c3ccc(Br)cc3)c2c1=O. The zero-order chi connectivity index (χ0) is 19.6. The molecule has 1 aromatic carbocycles. The van der Waals surface area contributed by atoms with Crippen molar-refractivity contribution in [3.8, 4) is 11.1 Å². The Balaban J connectivity index is 2.16. The van der Waals surface area contributed by atoms with Crippen LogP contribution in [-0.2, 0) is 9.53 Å². The van der Waals surface area contributed by atoms with Gasteiger partial charge in [-0.1, -0.05) is 41.9 Å². The second-order valence-electron chi connectivity index (χ2n) is 6.27. The molecule has 3 rings (SSSR count). The quantitative estimate of drug-likeness (QED) is 0.492. The Morgan fingerprint density at radius 2 is 2.00 bits per heavy atom. The summed E-state index contributed by atoms with van der Waals surface area (Å²) in [6, 6.07) is 7.18. The molecule has 0 saturated carbocycles. The highest BCUT2D eigenvalue weighted by Crippen LogP contribution is 2.36. The number of fused-ring (bicyclic) bond motifs is 1. The van der Waals surface area contributed by atoms with Crippen LogP contribution in [0, 0.1) is 6.92 Å². The molecule has 3 aromatic rings. The number of thiophene rings is 1.